The number of carbonyl (C=O) groups is 2. The number of carboxylic acid groups (broad SMARTS) is 1. The van der Waals surface area contributed by atoms with Crippen molar-refractivity contribution in [1.82, 2.24) is 5.32 Å². The molecule has 0 saturated heterocycles. The highest BCUT2D eigenvalue weighted by molar-refractivity contribution is 5.76. The third kappa shape index (κ3) is 4.21. The molecule has 0 aromatic rings. The average molecular weight is 227 g/mol. The van der Waals surface area contributed by atoms with Gasteiger partial charge in [0.15, 0.2) is 0 Å². The molecule has 16 heavy (non-hydrogen) atoms. The molecule has 1 amide bonds. The standard InChI is InChI=1S/C12H21NO3/c1-2-3-7-11(14)13-10-6-4-5-9(8-10)12(15)16/h9-10H,2-8H2,1H3,(H,13,14)(H,15,16). The van der Waals surface area contributed by atoms with Crippen molar-refractivity contribution in [3.05, 3.63) is 0 Å². The zero-order valence-electron chi connectivity index (χ0n) is 9.87. The third-order valence-electron chi connectivity index (χ3n) is 3.15. The summed E-state index contributed by atoms with van der Waals surface area (Å²) in [6.07, 6.45) is 5.63. The maximum atomic E-state index is 11.5. The second-order valence-corrected chi connectivity index (χ2v) is 4.57. The molecule has 1 aliphatic rings. The van der Waals surface area contributed by atoms with Crippen molar-refractivity contribution in [2.75, 3.05) is 0 Å². The second-order valence-electron chi connectivity index (χ2n) is 4.57. The summed E-state index contributed by atoms with van der Waals surface area (Å²) in [7, 11) is 0. The predicted molar refractivity (Wildman–Crippen MR) is 61.0 cm³/mol. The van der Waals surface area contributed by atoms with Crippen LogP contribution in [0.15, 0.2) is 0 Å². The van der Waals surface area contributed by atoms with Crippen LogP contribution in [-0.2, 0) is 9.59 Å². The summed E-state index contributed by atoms with van der Waals surface area (Å²) >= 11 is 0. The minimum Gasteiger partial charge on any atom is -0.481 e. The number of unbranched alkanes of at least 4 members (excludes halogenated alkanes) is 1. The van der Waals surface area contributed by atoms with Gasteiger partial charge in [-0.3, -0.25) is 9.59 Å². The first-order valence-corrected chi connectivity index (χ1v) is 6.15. The lowest BCUT2D eigenvalue weighted by Gasteiger charge is -2.27. The zero-order chi connectivity index (χ0) is 12.0. The lowest BCUT2D eigenvalue weighted by molar-refractivity contribution is -0.143. The van der Waals surface area contributed by atoms with E-state index in [2.05, 4.69) is 5.32 Å². The van der Waals surface area contributed by atoms with Gasteiger partial charge in [0, 0.05) is 12.5 Å². The quantitative estimate of drug-likeness (QED) is 0.754. The van der Waals surface area contributed by atoms with Gasteiger partial charge in [-0.1, -0.05) is 19.8 Å². The van der Waals surface area contributed by atoms with Crippen LogP contribution in [0.3, 0.4) is 0 Å². The van der Waals surface area contributed by atoms with Crippen molar-refractivity contribution >= 4 is 11.9 Å². The molecule has 1 rings (SSSR count). The van der Waals surface area contributed by atoms with Crippen molar-refractivity contribution in [3.8, 4) is 0 Å². The summed E-state index contributed by atoms with van der Waals surface area (Å²) < 4.78 is 0. The van der Waals surface area contributed by atoms with Gasteiger partial charge in [0.2, 0.25) is 5.91 Å². The Hall–Kier alpha value is -1.06. The Balaban J connectivity index is 2.31. The fourth-order valence-corrected chi connectivity index (χ4v) is 2.18. The van der Waals surface area contributed by atoms with Gasteiger partial charge in [-0.2, -0.15) is 0 Å². The lowest BCUT2D eigenvalue weighted by atomic mass is 9.86. The molecule has 0 spiro atoms. The molecule has 1 saturated carbocycles. The van der Waals surface area contributed by atoms with E-state index in [1.54, 1.807) is 0 Å². The van der Waals surface area contributed by atoms with Gasteiger partial charge >= 0.3 is 5.97 Å². The fraction of sp³-hybridized carbons (Fsp3) is 0.833. The smallest absolute Gasteiger partial charge is 0.306 e. The summed E-state index contributed by atoms with van der Waals surface area (Å²) in [5.41, 5.74) is 0. The number of rotatable bonds is 5. The highest BCUT2D eigenvalue weighted by Gasteiger charge is 2.27. The van der Waals surface area contributed by atoms with Crippen LogP contribution in [0.2, 0.25) is 0 Å². The van der Waals surface area contributed by atoms with Crippen LogP contribution >= 0.6 is 0 Å². The van der Waals surface area contributed by atoms with Crippen LogP contribution in [-0.4, -0.2) is 23.0 Å². The summed E-state index contributed by atoms with van der Waals surface area (Å²) in [5.74, 6) is -0.935. The van der Waals surface area contributed by atoms with E-state index in [0.29, 0.717) is 12.8 Å². The molecule has 0 aromatic carbocycles. The molecule has 0 aliphatic heterocycles. The molecule has 2 atom stereocenters. The van der Waals surface area contributed by atoms with Gasteiger partial charge in [-0.15, -0.1) is 0 Å². The number of hydrogen-bond acceptors (Lipinski definition) is 2. The average Bonchev–Trinajstić information content (AvgIpc) is 2.26. The minimum atomic E-state index is -0.729. The van der Waals surface area contributed by atoms with E-state index in [9.17, 15) is 9.59 Å². The van der Waals surface area contributed by atoms with Crippen LogP contribution in [0.4, 0.5) is 0 Å². The van der Waals surface area contributed by atoms with E-state index in [-0.39, 0.29) is 17.9 Å². The summed E-state index contributed by atoms with van der Waals surface area (Å²) in [6.45, 7) is 2.05. The van der Waals surface area contributed by atoms with Gasteiger partial charge in [0.05, 0.1) is 5.92 Å². The fourth-order valence-electron chi connectivity index (χ4n) is 2.18. The minimum absolute atomic E-state index is 0.0675. The van der Waals surface area contributed by atoms with Gasteiger partial charge in [0.25, 0.3) is 0 Å². The van der Waals surface area contributed by atoms with Crippen molar-refractivity contribution in [3.63, 3.8) is 0 Å². The molecule has 1 fully saturated rings. The Kier molecular flexibility index (Phi) is 5.29. The van der Waals surface area contributed by atoms with Crippen LogP contribution < -0.4 is 5.32 Å². The van der Waals surface area contributed by atoms with Crippen molar-refractivity contribution in [2.24, 2.45) is 5.92 Å². The zero-order valence-corrected chi connectivity index (χ0v) is 9.87. The molecule has 0 radical (unpaired) electrons. The number of aliphatic carboxylic acids is 1. The molecule has 0 bridgehead atoms. The Morgan fingerprint density at radius 3 is 2.75 bits per heavy atom. The number of carbonyl (C=O) groups excluding carboxylic acids is 1. The SMILES string of the molecule is CCCCC(=O)NC1CCCC(C(=O)O)C1. The van der Waals surface area contributed by atoms with E-state index < -0.39 is 5.97 Å². The molecular formula is C12H21NO3. The summed E-state index contributed by atoms with van der Waals surface area (Å²) in [5, 5.41) is 11.9. The van der Waals surface area contributed by atoms with Crippen LogP contribution in [0.1, 0.15) is 51.9 Å². The molecule has 2 unspecified atom stereocenters. The highest BCUT2D eigenvalue weighted by Crippen LogP contribution is 2.24. The van der Waals surface area contributed by atoms with Gasteiger partial charge < -0.3 is 10.4 Å². The van der Waals surface area contributed by atoms with Crippen molar-refractivity contribution in [2.45, 2.75) is 57.9 Å². The monoisotopic (exact) mass is 227 g/mol. The van der Waals surface area contributed by atoms with Gasteiger partial charge in [-0.25, -0.2) is 0 Å². The third-order valence-corrected chi connectivity index (χ3v) is 3.15. The molecule has 0 aromatic heterocycles. The van der Waals surface area contributed by atoms with E-state index in [0.717, 1.165) is 32.1 Å². The van der Waals surface area contributed by atoms with E-state index in [4.69, 9.17) is 5.11 Å². The molecule has 4 nitrogen and oxygen atoms in total. The van der Waals surface area contributed by atoms with Crippen molar-refractivity contribution < 1.29 is 14.7 Å². The van der Waals surface area contributed by atoms with E-state index in [1.165, 1.54) is 0 Å². The van der Waals surface area contributed by atoms with Crippen LogP contribution in [0, 0.1) is 5.92 Å². The lowest BCUT2D eigenvalue weighted by Crippen LogP contribution is -2.39. The first-order chi connectivity index (χ1) is 7.63. The largest absolute Gasteiger partial charge is 0.481 e. The molecular weight excluding hydrogens is 206 g/mol. The second kappa shape index (κ2) is 6.51. The molecule has 92 valence electrons. The molecule has 4 heteroatoms. The maximum Gasteiger partial charge on any atom is 0.306 e. The maximum absolute atomic E-state index is 11.5. The topological polar surface area (TPSA) is 66.4 Å². The highest BCUT2D eigenvalue weighted by atomic mass is 16.4. The van der Waals surface area contributed by atoms with E-state index in [1.807, 2.05) is 6.92 Å². The van der Waals surface area contributed by atoms with Gasteiger partial charge in [-0.05, 0) is 25.7 Å². The predicted octanol–water partition coefficient (Wildman–Crippen LogP) is 1.94. The van der Waals surface area contributed by atoms with Crippen molar-refractivity contribution in [1.29, 1.82) is 0 Å². The summed E-state index contributed by atoms with van der Waals surface area (Å²) in [4.78, 5) is 22.3. The van der Waals surface area contributed by atoms with Crippen LogP contribution in [0.25, 0.3) is 0 Å². The first-order valence-electron chi connectivity index (χ1n) is 6.15. The number of hydrogen-bond donors (Lipinski definition) is 2. The molecule has 2 N–H and O–H groups in total. The normalized spacial score (nSPS) is 25.1. The summed E-state index contributed by atoms with van der Waals surface area (Å²) in [6, 6.07) is 0.0687. The Morgan fingerprint density at radius 1 is 1.38 bits per heavy atom. The Morgan fingerprint density at radius 2 is 2.12 bits per heavy atom. The number of carboxylic acids is 1. The number of nitrogens with one attached hydrogen (secondary N) is 1. The van der Waals surface area contributed by atoms with Gasteiger partial charge in [0.1, 0.15) is 0 Å². The Bertz CT molecular complexity index is 253. The van der Waals surface area contributed by atoms with Crippen LogP contribution in [0.5, 0.6) is 0 Å². The first kappa shape index (κ1) is 13.0. The Labute approximate surface area is 96.4 Å². The number of amides is 1. The molecule has 1 aliphatic carbocycles. The van der Waals surface area contributed by atoms with E-state index >= 15 is 0 Å². The molecule has 0 heterocycles.